The van der Waals surface area contributed by atoms with E-state index in [-0.39, 0.29) is 23.1 Å². The monoisotopic (exact) mass is 589 g/mol. The van der Waals surface area contributed by atoms with Crippen molar-refractivity contribution in [2.75, 3.05) is 29.1 Å². The van der Waals surface area contributed by atoms with Crippen LogP contribution in [-0.4, -0.2) is 38.2 Å². The van der Waals surface area contributed by atoms with Gasteiger partial charge in [-0.2, -0.15) is 0 Å². The summed E-state index contributed by atoms with van der Waals surface area (Å²) in [6.45, 7) is 4.07. The van der Waals surface area contributed by atoms with E-state index < -0.39 is 21.1 Å². The number of anilines is 2. The van der Waals surface area contributed by atoms with Crippen molar-refractivity contribution in [3.8, 4) is 0 Å². The van der Waals surface area contributed by atoms with Crippen LogP contribution in [0.2, 0.25) is 10.0 Å². The van der Waals surface area contributed by atoms with E-state index in [9.17, 15) is 17.6 Å². The Bertz CT molecular complexity index is 1650. The molecule has 1 aliphatic rings. The minimum atomic E-state index is -3.30. The Hall–Kier alpha value is -3.14. The molecule has 39 heavy (non-hydrogen) atoms. The molecule has 0 radical (unpaired) electrons. The molecule has 1 N–H and O–H groups in total. The SMILES string of the molecule is CCN(CC(=O)Nc1cc(Cl)c(C2(c3nc4ccc(F)cc4o3)CC2)c(Cl)c1)c1ccc(S(=O)(=O)CC)cc1. The number of benzene rings is 3. The smallest absolute Gasteiger partial charge is 0.243 e. The van der Waals surface area contributed by atoms with Crippen LogP contribution in [0.15, 0.2) is 63.9 Å². The molecule has 0 atom stereocenters. The molecule has 1 fully saturated rings. The summed E-state index contributed by atoms with van der Waals surface area (Å²) in [5.41, 5.74) is 2.12. The van der Waals surface area contributed by atoms with Gasteiger partial charge in [0.25, 0.3) is 0 Å². The average Bonchev–Trinajstić information content (AvgIpc) is 3.58. The first-order valence-corrected chi connectivity index (χ1v) is 14.9. The molecule has 7 nitrogen and oxygen atoms in total. The maximum Gasteiger partial charge on any atom is 0.243 e. The standard InChI is InChI=1S/C28H26Cl2FN3O4S/c1-3-34(19-6-8-20(9-7-19)39(36,37)4-2)16-25(35)32-18-14-21(29)26(22(30)15-18)28(11-12-28)27-33-23-10-5-17(31)13-24(23)38-27/h5-10,13-15H,3-4,11-12,16H2,1-2H3,(H,32,35). The largest absolute Gasteiger partial charge is 0.440 e. The maximum absolute atomic E-state index is 13.6. The van der Waals surface area contributed by atoms with Gasteiger partial charge in [0.1, 0.15) is 11.3 Å². The Morgan fingerprint density at radius 3 is 2.33 bits per heavy atom. The predicted octanol–water partition coefficient (Wildman–Crippen LogP) is 6.61. The van der Waals surface area contributed by atoms with E-state index in [2.05, 4.69) is 10.3 Å². The van der Waals surface area contributed by atoms with Crippen molar-refractivity contribution in [1.29, 1.82) is 0 Å². The summed E-state index contributed by atoms with van der Waals surface area (Å²) in [6, 6.07) is 14.0. The van der Waals surface area contributed by atoms with E-state index in [4.69, 9.17) is 27.6 Å². The minimum absolute atomic E-state index is 0.0199. The van der Waals surface area contributed by atoms with Gasteiger partial charge in [0.2, 0.25) is 11.8 Å². The van der Waals surface area contributed by atoms with Crippen LogP contribution in [0.4, 0.5) is 15.8 Å². The molecule has 0 bridgehead atoms. The van der Waals surface area contributed by atoms with Crippen LogP contribution >= 0.6 is 23.2 Å². The fraction of sp³-hybridized carbons (Fsp3) is 0.286. The molecule has 204 valence electrons. The molecule has 5 rings (SSSR count). The molecule has 0 aliphatic heterocycles. The molecule has 4 aromatic rings. The average molecular weight is 591 g/mol. The lowest BCUT2D eigenvalue weighted by Crippen LogP contribution is -2.33. The first-order chi connectivity index (χ1) is 18.6. The van der Waals surface area contributed by atoms with Crippen LogP contribution in [0, 0.1) is 5.82 Å². The maximum atomic E-state index is 13.6. The zero-order chi connectivity index (χ0) is 27.9. The second kappa shape index (κ2) is 10.4. The number of amides is 1. The number of carbonyl (C=O) groups excluding carboxylic acids is 1. The van der Waals surface area contributed by atoms with Crippen molar-refractivity contribution in [3.05, 3.63) is 81.9 Å². The zero-order valence-corrected chi connectivity index (χ0v) is 23.6. The number of aromatic nitrogens is 1. The number of nitrogens with zero attached hydrogens (tertiary/aromatic N) is 2. The third-order valence-electron chi connectivity index (χ3n) is 6.97. The molecule has 1 saturated carbocycles. The van der Waals surface area contributed by atoms with E-state index in [1.165, 1.54) is 12.1 Å². The normalized spacial score (nSPS) is 14.4. The molecule has 0 spiro atoms. The van der Waals surface area contributed by atoms with Gasteiger partial charge in [-0.25, -0.2) is 17.8 Å². The first kappa shape index (κ1) is 27.4. The first-order valence-electron chi connectivity index (χ1n) is 12.5. The molecule has 3 aromatic carbocycles. The lowest BCUT2D eigenvalue weighted by Gasteiger charge is -2.23. The van der Waals surface area contributed by atoms with E-state index in [1.54, 1.807) is 49.4 Å². The highest BCUT2D eigenvalue weighted by Crippen LogP contribution is 2.57. The second-order valence-corrected chi connectivity index (χ2v) is 12.6. The molecule has 11 heteroatoms. The quantitative estimate of drug-likeness (QED) is 0.236. The third-order valence-corrected chi connectivity index (χ3v) is 9.32. The van der Waals surface area contributed by atoms with E-state index in [1.807, 2.05) is 11.8 Å². The number of likely N-dealkylation sites (N-methyl/N-ethyl adjacent to an activating group) is 1. The Labute approximate surface area is 235 Å². The number of rotatable bonds is 9. The van der Waals surface area contributed by atoms with E-state index in [0.29, 0.717) is 44.8 Å². The van der Waals surface area contributed by atoms with Gasteiger partial charge < -0.3 is 14.6 Å². The molecule has 0 saturated heterocycles. The summed E-state index contributed by atoms with van der Waals surface area (Å²) in [6.07, 6.45) is 1.44. The summed E-state index contributed by atoms with van der Waals surface area (Å²) in [5, 5.41) is 3.57. The van der Waals surface area contributed by atoms with E-state index >= 15 is 0 Å². The Kier molecular flexibility index (Phi) is 7.35. The highest BCUT2D eigenvalue weighted by Gasteiger charge is 2.52. The predicted molar refractivity (Wildman–Crippen MR) is 151 cm³/mol. The molecular weight excluding hydrogens is 564 g/mol. The van der Waals surface area contributed by atoms with Gasteiger partial charge in [0.15, 0.2) is 15.4 Å². The van der Waals surface area contributed by atoms with Gasteiger partial charge in [0.05, 0.1) is 22.6 Å². The number of carbonyl (C=O) groups is 1. The Morgan fingerprint density at radius 2 is 1.74 bits per heavy atom. The van der Waals surface area contributed by atoms with Crippen LogP contribution in [-0.2, 0) is 20.0 Å². The number of oxazole rings is 1. The number of hydrogen-bond acceptors (Lipinski definition) is 6. The van der Waals surface area contributed by atoms with Crippen LogP contribution in [0.5, 0.6) is 0 Å². The number of hydrogen-bond donors (Lipinski definition) is 1. The fourth-order valence-electron chi connectivity index (χ4n) is 4.69. The summed E-state index contributed by atoms with van der Waals surface area (Å²) >= 11 is 13.4. The number of sulfone groups is 1. The molecule has 1 heterocycles. The molecule has 1 aliphatic carbocycles. The van der Waals surface area contributed by atoms with Crippen molar-refractivity contribution < 1.29 is 22.0 Å². The van der Waals surface area contributed by atoms with Crippen LogP contribution in [0.3, 0.4) is 0 Å². The van der Waals surface area contributed by atoms with Gasteiger partial charge in [-0.1, -0.05) is 30.1 Å². The summed E-state index contributed by atoms with van der Waals surface area (Å²) in [7, 11) is -3.30. The van der Waals surface area contributed by atoms with Crippen molar-refractivity contribution >= 4 is 61.4 Å². The highest BCUT2D eigenvalue weighted by atomic mass is 35.5. The number of fused-ring (bicyclic) bond motifs is 1. The van der Waals surface area contributed by atoms with Crippen LogP contribution < -0.4 is 10.2 Å². The van der Waals surface area contributed by atoms with Gasteiger partial charge in [0, 0.05) is 39.6 Å². The van der Waals surface area contributed by atoms with E-state index in [0.717, 1.165) is 18.5 Å². The van der Waals surface area contributed by atoms with Crippen molar-refractivity contribution in [1.82, 2.24) is 4.98 Å². The lowest BCUT2D eigenvalue weighted by atomic mass is 9.95. The molecule has 0 unspecified atom stereocenters. The van der Waals surface area contributed by atoms with Gasteiger partial charge in [-0.05, 0) is 68.3 Å². The third kappa shape index (κ3) is 5.35. The lowest BCUT2D eigenvalue weighted by molar-refractivity contribution is -0.115. The summed E-state index contributed by atoms with van der Waals surface area (Å²) < 4.78 is 43.7. The van der Waals surface area contributed by atoms with Gasteiger partial charge in [-0.15, -0.1) is 0 Å². The number of nitrogens with one attached hydrogen (secondary N) is 1. The summed E-state index contributed by atoms with van der Waals surface area (Å²) in [5.74, 6) is -0.245. The Balaban J connectivity index is 1.33. The van der Waals surface area contributed by atoms with Crippen LogP contribution in [0.25, 0.3) is 11.1 Å². The minimum Gasteiger partial charge on any atom is -0.440 e. The molecular formula is C28H26Cl2FN3O4S. The Morgan fingerprint density at radius 1 is 1.08 bits per heavy atom. The van der Waals surface area contributed by atoms with Crippen molar-refractivity contribution in [2.24, 2.45) is 0 Å². The van der Waals surface area contributed by atoms with Crippen molar-refractivity contribution in [2.45, 2.75) is 37.0 Å². The van der Waals surface area contributed by atoms with Gasteiger partial charge >= 0.3 is 0 Å². The van der Waals surface area contributed by atoms with Crippen LogP contribution in [0.1, 0.15) is 38.1 Å². The molecule has 1 amide bonds. The number of halogens is 3. The topological polar surface area (TPSA) is 92.5 Å². The second-order valence-electron chi connectivity index (χ2n) is 9.49. The molecule has 1 aromatic heterocycles. The summed E-state index contributed by atoms with van der Waals surface area (Å²) in [4.78, 5) is 19.5. The van der Waals surface area contributed by atoms with Crippen molar-refractivity contribution in [3.63, 3.8) is 0 Å². The highest BCUT2D eigenvalue weighted by molar-refractivity contribution is 7.91. The zero-order valence-electron chi connectivity index (χ0n) is 21.3. The van der Waals surface area contributed by atoms with Gasteiger partial charge in [-0.3, -0.25) is 4.79 Å². The fourth-order valence-corrected chi connectivity index (χ4v) is 6.42.